The van der Waals surface area contributed by atoms with Crippen molar-refractivity contribution in [2.75, 3.05) is 62.4 Å². The Morgan fingerprint density at radius 1 is 1.02 bits per heavy atom. The van der Waals surface area contributed by atoms with Gasteiger partial charge in [-0.1, -0.05) is 0 Å². The predicted octanol–water partition coefficient (Wildman–Crippen LogP) is 3.42. The molecule has 0 aliphatic carbocycles. The van der Waals surface area contributed by atoms with Gasteiger partial charge in [0.05, 0.1) is 11.1 Å². The van der Waals surface area contributed by atoms with Crippen LogP contribution in [-0.2, 0) is 11.2 Å². The van der Waals surface area contributed by atoms with E-state index in [0.29, 0.717) is 35.6 Å². The van der Waals surface area contributed by atoms with Gasteiger partial charge in [-0.05, 0) is 73.8 Å². The second-order valence-corrected chi connectivity index (χ2v) is 10.6. The first-order chi connectivity index (χ1) is 19.7. The van der Waals surface area contributed by atoms with Crippen molar-refractivity contribution in [1.29, 1.82) is 0 Å². The number of nitrogen functional groups attached to an aromatic ring is 1. The fourth-order valence-corrected chi connectivity index (χ4v) is 5.16. The number of aromatic nitrogens is 1. The molecule has 2 fully saturated rings. The Morgan fingerprint density at radius 3 is 2.44 bits per heavy atom. The van der Waals surface area contributed by atoms with Crippen LogP contribution in [0.5, 0.6) is 0 Å². The molecule has 1 aromatic heterocycles. The minimum absolute atomic E-state index is 0.0903. The molecule has 5 N–H and O–H groups in total. The van der Waals surface area contributed by atoms with Crippen LogP contribution in [0.2, 0.25) is 0 Å². The number of anilines is 3. The van der Waals surface area contributed by atoms with Crippen molar-refractivity contribution in [3.05, 3.63) is 82.5 Å². The van der Waals surface area contributed by atoms with E-state index in [-0.39, 0.29) is 29.7 Å². The van der Waals surface area contributed by atoms with Gasteiger partial charge < -0.3 is 31.3 Å². The Kier molecular flexibility index (Phi) is 8.75. The number of nitrogens with one attached hydrogen (secondary N) is 1. The van der Waals surface area contributed by atoms with Crippen molar-refractivity contribution in [3.8, 4) is 0 Å². The number of nitrogens with two attached hydrogens (primary N) is 2. The van der Waals surface area contributed by atoms with Gasteiger partial charge in [-0.3, -0.25) is 4.79 Å². The number of amides is 1. The number of carbonyl (C=O) groups is 1. The third kappa shape index (κ3) is 7.17. The lowest BCUT2D eigenvalue weighted by Crippen LogP contribution is -2.44. The minimum atomic E-state index is -0.667. The molecule has 2 aliphatic heterocycles. The molecule has 9 nitrogen and oxygen atoms in total. The topological polar surface area (TPSA) is 122 Å². The molecule has 0 atom stereocenters. The summed E-state index contributed by atoms with van der Waals surface area (Å²) in [7, 11) is 2.11. The first kappa shape index (κ1) is 28.4. The van der Waals surface area contributed by atoms with Gasteiger partial charge in [0.1, 0.15) is 23.3 Å². The first-order valence-corrected chi connectivity index (χ1v) is 13.7. The highest BCUT2D eigenvalue weighted by Crippen LogP contribution is 2.28. The van der Waals surface area contributed by atoms with Gasteiger partial charge in [-0.25, -0.2) is 13.8 Å². The average Bonchev–Trinajstić information content (AvgIpc) is 2.94. The van der Waals surface area contributed by atoms with E-state index in [1.54, 1.807) is 12.1 Å². The van der Waals surface area contributed by atoms with E-state index in [0.717, 1.165) is 50.8 Å². The Morgan fingerprint density at radius 2 is 1.73 bits per heavy atom. The van der Waals surface area contributed by atoms with Gasteiger partial charge in [0.2, 0.25) is 0 Å². The van der Waals surface area contributed by atoms with Crippen molar-refractivity contribution in [2.24, 2.45) is 10.7 Å². The first-order valence-electron chi connectivity index (χ1n) is 13.7. The molecule has 2 aliphatic rings. The molecule has 0 radical (unpaired) electrons. The summed E-state index contributed by atoms with van der Waals surface area (Å²) in [5.74, 6) is -1.84. The number of hydrogen-bond acceptors (Lipinski definition) is 7. The molecular formula is C30H35F2N7O2. The number of aliphatic imine (C=N–C) groups is 1. The average molecular weight is 564 g/mol. The maximum Gasteiger partial charge on any atom is 0.281 e. The molecular weight excluding hydrogens is 528 g/mol. The summed E-state index contributed by atoms with van der Waals surface area (Å²) in [6.07, 6.45) is 3.37. The van der Waals surface area contributed by atoms with Crippen LogP contribution in [0.25, 0.3) is 0 Å². The second kappa shape index (κ2) is 12.6. The second-order valence-electron chi connectivity index (χ2n) is 10.6. The lowest BCUT2D eigenvalue weighted by atomic mass is 10.0. The van der Waals surface area contributed by atoms with Gasteiger partial charge in [0, 0.05) is 69.1 Å². The highest BCUT2D eigenvalue weighted by atomic mass is 19.1. The van der Waals surface area contributed by atoms with Crippen LogP contribution >= 0.6 is 0 Å². The lowest BCUT2D eigenvalue weighted by Gasteiger charge is -2.34. The van der Waals surface area contributed by atoms with Crippen LogP contribution in [0.15, 0.2) is 53.7 Å². The zero-order valence-electron chi connectivity index (χ0n) is 23.1. The smallest absolute Gasteiger partial charge is 0.281 e. The van der Waals surface area contributed by atoms with Crippen LogP contribution in [0.1, 0.15) is 39.9 Å². The molecule has 0 unspecified atom stereocenters. The highest BCUT2D eigenvalue weighted by molar-refractivity contribution is 6.12. The van der Waals surface area contributed by atoms with Crippen LogP contribution in [0.4, 0.5) is 26.0 Å². The zero-order chi connectivity index (χ0) is 28.9. The fourth-order valence-electron chi connectivity index (χ4n) is 5.16. The number of piperazine rings is 1. The van der Waals surface area contributed by atoms with Crippen LogP contribution in [-0.4, -0.2) is 74.1 Å². The summed E-state index contributed by atoms with van der Waals surface area (Å²) in [6.45, 7) is 5.05. The molecule has 0 saturated carbocycles. The summed E-state index contributed by atoms with van der Waals surface area (Å²) < 4.78 is 32.8. The number of likely N-dealkylation sites (N-methyl/N-ethyl adjacent to an activating group) is 1. The molecule has 5 rings (SSSR count). The van der Waals surface area contributed by atoms with Gasteiger partial charge in [-0.15, -0.1) is 0 Å². The molecule has 216 valence electrons. The third-order valence-corrected chi connectivity index (χ3v) is 7.49. The van der Waals surface area contributed by atoms with Crippen molar-refractivity contribution >= 4 is 28.9 Å². The van der Waals surface area contributed by atoms with Crippen LogP contribution in [0, 0.1) is 11.6 Å². The lowest BCUT2D eigenvalue weighted by molar-refractivity contribution is 0.0904. The van der Waals surface area contributed by atoms with E-state index in [4.69, 9.17) is 16.2 Å². The number of hydrogen-bond donors (Lipinski definition) is 3. The number of carbonyl (C=O) groups excluding carboxylic acids is 1. The minimum Gasteiger partial charge on any atom is -0.383 e. The zero-order valence-corrected chi connectivity index (χ0v) is 23.1. The fraction of sp³-hybridized carbons (Fsp3) is 0.367. The normalized spacial score (nSPS) is 17.0. The van der Waals surface area contributed by atoms with Crippen LogP contribution in [0.3, 0.4) is 0 Å². The Hall–Kier alpha value is -4.09. The summed E-state index contributed by atoms with van der Waals surface area (Å²) in [6, 6.07) is 10.8. The Balaban J connectivity index is 1.41. The van der Waals surface area contributed by atoms with Gasteiger partial charge in [0.25, 0.3) is 5.91 Å². The largest absolute Gasteiger partial charge is 0.383 e. The number of nitrogens with zero attached hydrogens (tertiary/aromatic N) is 4. The van der Waals surface area contributed by atoms with E-state index in [1.807, 2.05) is 12.1 Å². The van der Waals surface area contributed by atoms with E-state index in [1.165, 1.54) is 18.3 Å². The predicted molar refractivity (Wildman–Crippen MR) is 156 cm³/mol. The van der Waals surface area contributed by atoms with Gasteiger partial charge >= 0.3 is 0 Å². The molecule has 3 heterocycles. The van der Waals surface area contributed by atoms with Gasteiger partial charge in [0.15, 0.2) is 0 Å². The summed E-state index contributed by atoms with van der Waals surface area (Å²) in [4.78, 5) is 26.4. The Bertz CT molecular complexity index is 1410. The molecule has 11 heteroatoms. The van der Waals surface area contributed by atoms with Crippen molar-refractivity contribution in [2.45, 2.75) is 25.3 Å². The Labute approximate surface area is 238 Å². The monoisotopic (exact) mass is 563 g/mol. The molecule has 1 amide bonds. The van der Waals surface area contributed by atoms with E-state index < -0.39 is 17.5 Å². The van der Waals surface area contributed by atoms with E-state index in [2.05, 4.69) is 32.1 Å². The standard InChI is InChI=1S/C30H35F2N7O2/c1-38-6-8-39(9-7-38)24-2-3-25(27(17-24)36-23-4-10-41-11-5-23)30(40)37-29(34)26-15-20(18-35-28(26)33)12-19-13-21(31)16-22(32)14-19/h2-3,13-18,23,36H,4-12H2,1H3,(H2,33,35)(H2,34,37,40). The maximum absolute atomic E-state index is 13.7. The third-order valence-electron chi connectivity index (χ3n) is 7.49. The quantitative estimate of drug-likeness (QED) is 0.295. The summed E-state index contributed by atoms with van der Waals surface area (Å²) >= 11 is 0. The van der Waals surface area contributed by atoms with Crippen molar-refractivity contribution < 1.29 is 18.3 Å². The highest BCUT2D eigenvalue weighted by Gasteiger charge is 2.21. The molecule has 3 aromatic rings. The number of halogens is 2. The summed E-state index contributed by atoms with van der Waals surface area (Å²) in [5, 5.41) is 3.54. The molecule has 0 bridgehead atoms. The number of benzene rings is 2. The van der Waals surface area contributed by atoms with E-state index in [9.17, 15) is 13.6 Å². The van der Waals surface area contributed by atoms with Gasteiger partial charge in [-0.2, -0.15) is 4.99 Å². The van der Waals surface area contributed by atoms with Crippen molar-refractivity contribution in [3.63, 3.8) is 0 Å². The SMILES string of the molecule is CN1CCN(c2ccc(C(=O)N=C(N)c3cc(Cc4cc(F)cc(F)c4)cnc3N)c(NC3CCOCC3)c2)CC1. The molecule has 2 aromatic carbocycles. The number of rotatable bonds is 7. The molecule has 0 spiro atoms. The number of pyridine rings is 1. The molecule has 2 saturated heterocycles. The number of amidine groups is 1. The maximum atomic E-state index is 13.7. The van der Waals surface area contributed by atoms with E-state index >= 15 is 0 Å². The number of ether oxygens (including phenoxy) is 1. The van der Waals surface area contributed by atoms with Crippen LogP contribution < -0.4 is 21.7 Å². The van der Waals surface area contributed by atoms with Crippen molar-refractivity contribution in [1.82, 2.24) is 9.88 Å². The molecule has 41 heavy (non-hydrogen) atoms. The summed E-state index contributed by atoms with van der Waals surface area (Å²) in [5.41, 5.74) is 15.8.